The highest BCUT2D eigenvalue weighted by Gasteiger charge is 2.32. The van der Waals surface area contributed by atoms with Gasteiger partial charge in [0.05, 0.1) is 48.2 Å². The Balaban J connectivity index is 1.64. The molecule has 224 valence electrons. The van der Waals surface area contributed by atoms with E-state index in [-0.39, 0.29) is 41.1 Å². The summed E-state index contributed by atoms with van der Waals surface area (Å²) in [6.45, 7) is 2.76. The maximum absolute atomic E-state index is 12.6. The lowest BCUT2D eigenvalue weighted by molar-refractivity contribution is -0.143. The molecule has 1 atom stereocenters. The predicted octanol–water partition coefficient (Wildman–Crippen LogP) is 3.38. The summed E-state index contributed by atoms with van der Waals surface area (Å²) in [5.41, 5.74) is 4.04. The van der Waals surface area contributed by atoms with Crippen molar-refractivity contribution >= 4 is 57.6 Å². The fourth-order valence-corrected chi connectivity index (χ4v) is 4.73. The Bertz CT molecular complexity index is 1410. The number of allylic oxidation sites excluding steroid dienone is 1. The number of hydrogen-bond acceptors (Lipinski definition) is 10. The van der Waals surface area contributed by atoms with Gasteiger partial charge in [0.1, 0.15) is 0 Å². The van der Waals surface area contributed by atoms with Gasteiger partial charge in [0.25, 0.3) is 5.91 Å². The van der Waals surface area contributed by atoms with E-state index in [4.69, 9.17) is 30.5 Å². The lowest BCUT2D eigenvalue weighted by Gasteiger charge is -2.28. The topological polar surface area (TPSA) is 163 Å². The van der Waals surface area contributed by atoms with Crippen LogP contribution in [0, 0.1) is 0 Å². The van der Waals surface area contributed by atoms with Crippen molar-refractivity contribution in [3.8, 4) is 17.2 Å². The van der Waals surface area contributed by atoms with Crippen LogP contribution in [-0.2, 0) is 23.9 Å². The van der Waals surface area contributed by atoms with Crippen molar-refractivity contribution in [2.45, 2.75) is 19.9 Å². The third kappa shape index (κ3) is 8.36. The zero-order valence-corrected chi connectivity index (χ0v) is 25.4. The molecule has 1 heterocycles. The van der Waals surface area contributed by atoms with Crippen molar-refractivity contribution in [1.82, 2.24) is 16.1 Å². The van der Waals surface area contributed by atoms with E-state index in [1.54, 1.807) is 38.1 Å². The minimum absolute atomic E-state index is 0.170. The number of nitrogens with zero attached hydrogens (tertiary/aromatic N) is 1. The number of methoxy groups -OCH3 is 2. The summed E-state index contributed by atoms with van der Waals surface area (Å²) in [4.78, 5) is 48.3. The second-order valence-corrected chi connectivity index (χ2v) is 9.72. The molecule has 3 rings (SSSR count). The largest absolute Gasteiger partial charge is 0.493 e. The van der Waals surface area contributed by atoms with Crippen molar-refractivity contribution in [2.75, 3.05) is 34.0 Å². The van der Waals surface area contributed by atoms with Crippen molar-refractivity contribution in [3.63, 3.8) is 0 Å². The van der Waals surface area contributed by atoms with Crippen LogP contribution in [0.2, 0.25) is 5.02 Å². The van der Waals surface area contributed by atoms with Gasteiger partial charge in [-0.2, -0.15) is 5.10 Å². The molecular formula is C27H28BrClN4O9. The summed E-state index contributed by atoms with van der Waals surface area (Å²) < 4.78 is 26.5. The van der Waals surface area contributed by atoms with Gasteiger partial charge in [0.2, 0.25) is 0 Å². The number of urea groups is 1. The van der Waals surface area contributed by atoms with Gasteiger partial charge in [-0.3, -0.25) is 4.79 Å². The summed E-state index contributed by atoms with van der Waals surface area (Å²) in [5, 5.41) is 9.40. The normalized spacial score (nSPS) is 14.5. The zero-order chi connectivity index (χ0) is 30.8. The highest BCUT2D eigenvalue weighted by Crippen LogP contribution is 2.35. The Morgan fingerprint density at radius 1 is 1.12 bits per heavy atom. The van der Waals surface area contributed by atoms with Crippen LogP contribution >= 0.6 is 27.5 Å². The molecule has 0 bridgehead atoms. The summed E-state index contributed by atoms with van der Waals surface area (Å²) in [6.07, 6.45) is 1.36. The summed E-state index contributed by atoms with van der Waals surface area (Å²) in [5.74, 6) is -0.922. The highest BCUT2D eigenvalue weighted by atomic mass is 79.9. The van der Waals surface area contributed by atoms with Crippen LogP contribution in [0.4, 0.5) is 4.79 Å². The number of hydrogen-bond donors (Lipinski definition) is 3. The Kier molecular flexibility index (Phi) is 11.6. The van der Waals surface area contributed by atoms with Gasteiger partial charge >= 0.3 is 18.0 Å². The third-order valence-electron chi connectivity index (χ3n) is 5.63. The molecule has 0 unspecified atom stereocenters. The van der Waals surface area contributed by atoms with E-state index in [0.717, 1.165) is 0 Å². The number of carbonyl (C=O) groups excluding carboxylic acids is 4. The molecule has 0 radical (unpaired) electrons. The molecule has 1 aliphatic heterocycles. The Hall–Kier alpha value is -4.30. The van der Waals surface area contributed by atoms with Crippen molar-refractivity contribution < 1.29 is 42.9 Å². The van der Waals surface area contributed by atoms with Gasteiger partial charge in [-0.05, 0) is 65.2 Å². The smallest absolute Gasteiger partial charge is 0.343 e. The molecule has 3 N–H and O–H groups in total. The summed E-state index contributed by atoms with van der Waals surface area (Å²) in [7, 11) is 2.66. The fraction of sp³-hybridized carbons (Fsp3) is 0.296. The van der Waals surface area contributed by atoms with Crippen molar-refractivity contribution in [2.24, 2.45) is 5.10 Å². The first-order valence-electron chi connectivity index (χ1n) is 12.3. The number of amides is 3. The molecule has 0 spiro atoms. The molecule has 0 saturated carbocycles. The number of hydrazone groups is 1. The lowest BCUT2D eigenvalue weighted by Crippen LogP contribution is -2.45. The van der Waals surface area contributed by atoms with Crippen molar-refractivity contribution in [3.05, 3.63) is 62.2 Å². The monoisotopic (exact) mass is 666 g/mol. The van der Waals surface area contributed by atoms with Crippen LogP contribution in [0.25, 0.3) is 0 Å². The Labute approximate surface area is 254 Å². The minimum Gasteiger partial charge on any atom is -0.493 e. The average molecular weight is 668 g/mol. The van der Waals surface area contributed by atoms with Gasteiger partial charge in [-0.1, -0.05) is 17.7 Å². The van der Waals surface area contributed by atoms with Gasteiger partial charge in [-0.15, -0.1) is 0 Å². The lowest BCUT2D eigenvalue weighted by atomic mass is 9.95. The fourth-order valence-electron chi connectivity index (χ4n) is 3.74. The molecule has 13 nitrogen and oxygen atoms in total. The van der Waals surface area contributed by atoms with Gasteiger partial charge < -0.3 is 34.3 Å². The first kappa shape index (κ1) is 32.2. The molecular weight excluding hydrogens is 640 g/mol. The first-order chi connectivity index (χ1) is 20.1. The molecule has 2 aromatic carbocycles. The van der Waals surface area contributed by atoms with Gasteiger partial charge in [0.15, 0.2) is 30.5 Å². The van der Waals surface area contributed by atoms with E-state index in [9.17, 15) is 19.2 Å². The van der Waals surface area contributed by atoms with Crippen LogP contribution in [0.1, 0.15) is 31.0 Å². The van der Waals surface area contributed by atoms with E-state index < -0.39 is 36.5 Å². The maximum Gasteiger partial charge on any atom is 0.343 e. The molecule has 42 heavy (non-hydrogen) atoms. The van der Waals surface area contributed by atoms with Crippen molar-refractivity contribution in [1.29, 1.82) is 0 Å². The van der Waals surface area contributed by atoms with E-state index in [0.29, 0.717) is 21.3 Å². The van der Waals surface area contributed by atoms with E-state index >= 15 is 0 Å². The molecule has 0 fully saturated rings. The number of halogens is 2. The van der Waals surface area contributed by atoms with Crippen LogP contribution in [-0.4, -0.2) is 64.1 Å². The number of nitrogens with one attached hydrogen (secondary N) is 3. The minimum atomic E-state index is -0.791. The molecule has 0 saturated heterocycles. The Morgan fingerprint density at radius 2 is 1.88 bits per heavy atom. The Morgan fingerprint density at radius 3 is 2.55 bits per heavy atom. The average Bonchev–Trinajstić information content (AvgIpc) is 2.95. The van der Waals surface area contributed by atoms with E-state index in [2.05, 4.69) is 41.8 Å². The van der Waals surface area contributed by atoms with Gasteiger partial charge in [0, 0.05) is 5.70 Å². The van der Waals surface area contributed by atoms with Crippen LogP contribution in [0.15, 0.2) is 51.2 Å². The maximum atomic E-state index is 12.6. The number of carbonyl (C=O) groups is 4. The first-order valence-corrected chi connectivity index (χ1v) is 13.5. The number of ether oxygens (including phenoxy) is 5. The SMILES string of the molecule is CCOC(=O)C1=C(C)NC(=O)N[C@@H]1c1ccc(OCC(=O)N/N=C\c2cc(Cl)c(OCC(=O)OC)c(Br)c2)c(OC)c1. The van der Waals surface area contributed by atoms with Crippen LogP contribution < -0.4 is 30.3 Å². The highest BCUT2D eigenvalue weighted by molar-refractivity contribution is 9.10. The molecule has 15 heteroatoms. The second kappa shape index (κ2) is 15.1. The zero-order valence-electron chi connectivity index (χ0n) is 23.0. The summed E-state index contributed by atoms with van der Waals surface area (Å²) >= 11 is 9.54. The predicted molar refractivity (Wildman–Crippen MR) is 155 cm³/mol. The van der Waals surface area contributed by atoms with Crippen LogP contribution in [0.5, 0.6) is 17.2 Å². The molecule has 2 aromatic rings. The standard InChI is InChI=1S/C27H28BrClN4O9/c1-5-40-26(36)23-14(2)31-27(37)32-24(23)16-6-7-19(20(10-16)38-3)41-12-21(34)33-30-11-15-8-17(28)25(18(29)9-15)42-13-22(35)39-4/h6-11,24H,5,12-13H2,1-4H3,(H,33,34)(H2,31,32,37)/b30-11-/t24-/m1/s1. The summed E-state index contributed by atoms with van der Waals surface area (Å²) in [6, 6.07) is 6.68. The van der Waals surface area contributed by atoms with E-state index in [1.807, 2.05) is 0 Å². The quantitative estimate of drug-likeness (QED) is 0.175. The molecule has 0 aromatic heterocycles. The van der Waals surface area contributed by atoms with E-state index in [1.165, 1.54) is 26.5 Å². The van der Waals surface area contributed by atoms with Gasteiger partial charge in [-0.25, -0.2) is 19.8 Å². The molecule has 0 aliphatic carbocycles. The second-order valence-electron chi connectivity index (χ2n) is 8.46. The molecule has 1 aliphatic rings. The number of rotatable bonds is 12. The number of benzene rings is 2. The number of esters is 2. The third-order valence-corrected chi connectivity index (χ3v) is 6.50. The van der Waals surface area contributed by atoms with Crippen LogP contribution in [0.3, 0.4) is 0 Å². The molecule has 3 amide bonds.